The molecule has 0 amide bonds. The number of carboxylic acid groups (broad SMARTS) is 1. The summed E-state index contributed by atoms with van der Waals surface area (Å²) in [6.45, 7) is 3.61. The van der Waals surface area contributed by atoms with E-state index in [2.05, 4.69) is 4.90 Å². The van der Waals surface area contributed by atoms with Crippen LogP contribution in [-0.2, 0) is 4.79 Å². The fourth-order valence-electron chi connectivity index (χ4n) is 3.29. The number of likely N-dealkylation sites (tertiary alicyclic amines) is 1. The van der Waals surface area contributed by atoms with Crippen LogP contribution in [0.15, 0.2) is 48.5 Å². The second-order valence-electron chi connectivity index (χ2n) is 6.51. The highest BCUT2D eigenvalue weighted by Gasteiger charge is 2.16. The van der Waals surface area contributed by atoms with Gasteiger partial charge < -0.3 is 14.6 Å². The van der Waals surface area contributed by atoms with Crippen LogP contribution in [0.4, 0.5) is 0 Å². The predicted molar refractivity (Wildman–Crippen MR) is 106 cm³/mol. The Balaban J connectivity index is 1.87. The maximum Gasteiger partial charge on any atom is 0.336 e. The van der Waals surface area contributed by atoms with Crippen LogP contribution in [0.1, 0.15) is 24.0 Å². The minimum atomic E-state index is -0.980. The van der Waals surface area contributed by atoms with E-state index in [0.717, 1.165) is 19.6 Å². The number of hydrogen-bond acceptors (Lipinski definition) is 4. The number of nitrogens with zero attached hydrogens (tertiary/aromatic N) is 1. The summed E-state index contributed by atoms with van der Waals surface area (Å²) in [7, 11) is 1.59. The van der Waals surface area contributed by atoms with Crippen molar-refractivity contribution in [2.45, 2.75) is 12.8 Å². The van der Waals surface area contributed by atoms with E-state index in [4.69, 9.17) is 9.47 Å². The fraction of sp³-hybridized carbons (Fsp3) is 0.318. The van der Waals surface area contributed by atoms with Crippen molar-refractivity contribution in [1.29, 1.82) is 0 Å². The van der Waals surface area contributed by atoms with E-state index in [1.807, 2.05) is 36.4 Å². The largest absolute Gasteiger partial charge is 0.493 e. The summed E-state index contributed by atoms with van der Waals surface area (Å²) in [5.74, 6) is 0.198. The summed E-state index contributed by atoms with van der Waals surface area (Å²) in [6.07, 6.45) is 4.12. The molecule has 2 aromatic rings. The SMILES string of the molecule is COc1cccc(/C=C(\C(=O)O)c2ccccc2)c1OCCN1CCCC1. The van der Waals surface area contributed by atoms with E-state index in [1.165, 1.54) is 12.8 Å². The average molecular weight is 367 g/mol. The lowest BCUT2D eigenvalue weighted by Gasteiger charge is -2.17. The van der Waals surface area contributed by atoms with E-state index in [9.17, 15) is 9.90 Å². The molecule has 3 rings (SSSR count). The summed E-state index contributed by atoms with van der Waals surface area (Å²) in [6, 6.07) is 14.6. The van der Waals surface area contributed by atoms with Crippen LogP contribution in [0.2, 0.25) is 0 Å². The quantitative estimate of drug-likeness (QED) is 0.568. The zero-order chi connectivity index (χ0) is 19.1. The first-order chi connectivity index (χ1) is 13.2. The summed E-state index contributed by atoms with van der Waals surface area (Å²) < 4.78 is 11.5. The molecule has 0 saturated carbocycles. The van der Waals surface area contributed by atoms with Crippen molar-refractivity contribution in [3.8, 4) is 11.5 Å². The molecule has 0 aliphatic carbocycles. The Morgan fingerprint density at radius 3 is 2.52 bits per heavy atom. The lowest BCUT2D eigenvalue weighted by Crippen LogP contribution is -2.25. The summed E-state index contributed by atoms with van der Waals surface area (Å²) in [4.78, 5) is 14.2. The van der Waals surface area contributed by atoms with Gasteiger partial charge in [-0.3, -0.25) is 4.90 Å². The molecule has 1 aliphatic heterocycles. The number of rotatable bonds is 8. The van der Waals surface area contributed by atoms with Gasteiger partial charge in [-0.05, 0) is 43.6 Å². The van der Waals surface area contributed by atoms with Gasteiger partial charge in [0.15, 0.2) is 11.5 Å². The van der Waals surface area contributed by atoms with Crippen LogP contribution >= 0.6 is 0 Å². The van der Waals surface area contributed by atoms with Crippen LogP contribution in [0.3, 0.4) is 0 Å². The van der Waals surface area contributed by atoms with Gasteiger partial charge in [-0.25, -0.2) is 4.79 Å². The van der Waals surface area contributed by atoms with Crippen molar-refractivity contribution in [3.05, 3.63) is 59.7 Å². The Kier molecular flexibility index (Phi) is 6.49. The summed E-state index contributed by atoms with van der Waals surface area (Å²) in [5.41, 5.74) is 1.56. The molecule has 1 heterocycles. The van der Waals surface area contributed by atoms with Crippen LogP contribution in [0.25, 0.3) is 11.6 Å². The zero-order valence-corrected chi connectivity index (χ0v) is 15.6. The normalized spacial score (nSPS) is 14.9. The average Bonchev–Trinajstić information content (AvgIpc) is 3.20. The lowest BCUT2D eigenvalue weighted by molar-refractivity contribution is -0.130. The highest BCUT2D eigenvalue weighted by Crippen LogP contribution is 2.34. The van der Waals surface area contributed by atoms with Crippen molar-refractivity contribution >= 4 is 17.6 Å². The smallest absolute Gasteiger partial charge is 0.336 e. The molecule has 27 heavy (non-hydrogen) atoms. The van der Waals surface area contributed by atoms with Crippen LogP contribution in [0.5, 0.6) is 11.5 Å². The number of benzene rings is 2. The molecular weight excluding hydrogens is 342 g/mol. The van der Waals surface area contributed by atoms with Crippen molar-refractivity contribution in [3.63, 3.8) is 0 Å². The number of aliphatic carboxylic acids is 1. The van der Waals surface area contributed by atoms with Gasteiger partial charge in [0.25, 0.3) is 0 Å². The second-order valence-corrected chi connectivity index (χ2v) is 6.51. The van der Waals surface area contributed by atoms with Gasteiger partial charge in [0.2, 0.25) is 0 Å². The van der Waals surface area contributed by atoms with E-state index in [0.29, 0.717) is 29.2 Å². The number of hydrogen-bond donors (Lipinski definition) is 1. The van der Waals surface area contributed by atoms with Crippen LogP contribution in [0, 0.1) is 0 Å². The maximum atomic E-state index is 11.8. The number of ether oxygens (including phenoxy) is 2. The molecule has 1 N–H and O–H groups in total. The number of methoxy groups -OCH3 is 1. The maximum absolute atomic E-state index is 11.8. The monoisotopic (exact) mass is 367 g/mol. The minimum absolute atomic E-state index is 0.216. The third kappa shape index (κ3) is 4.89. The van der Waals surface area contributed by atoms with Crippen LogP contribution < -0.4 is 9.47 Å². The lowest BCUT2D eigenvalue weighted by atomic mass is 10.0. The van der Waals surface area contributed by atoms with Crippen molar-refractivity contribution in [1.82, 2.24) is 4.90 Å². The first kappa shape index (κ1) is 19.0. The third-order valence-corrected chi connectivity index (χ3v) is 4.70. The van der Waals surface area contributed by atoms with Gasteiger partial charge in [-0.2, -0.15) is 0 Å². The summed E-state index contributed by atoms with van der Waals surface area (Å²) in [5, 5.41) is 9.68. The molecule has 0 aromatic heterocycles. The predicted octanol–water partition coefficient (Wildman–Crippen LogP) is 3.80. The Labute approximate surface area is 159 Å². The molecule has 0 unspecified atom stereocenters. The Morgan fingerprint density at radius 2 is 1.85 bits per heavy atom. The van der Waals surface area contributed by atoms with E-state index in [-0.39, 0.29) is 5.57 Å². The van der Waals surface area contributed by atoms with Gasteiger partial charge in [-0.15, -0.1) is 0 Å². The van der Waals surface area contributed by atoms with E-state index >= 15 is 0 Å². The molecule has 142 valence electrons. The van der Waals surface area contributed by atoms with Gasteiger partial charge in [0.05, 0.1) is 12.7 Å². The van der Waals surface area contributed by atoms with Crippen molar-refractivity contribution in [2.75, 3.05) is 33.4 Å². The Bertz CT molecular complexity index is 795. The van der Waals surface area contributed by atoms with E-state index in [1.54, 1.807) is 25.3 Å². The number of carboxylic acids is 1. The van der Waals surface area contributed by atoms with Gasteiger partial charge in [-0.1, -0.05) is 42.5 Å². The highest BCUT2D eigenvalue weighted by atomic mass is 16.5. The summed E-state index contributed by atoms with van der Waals surface area (Å²) >= 11 is 0. The second kappa shape index (κ2) is 9.24. The van der Waals surface area contributed by atoms with Gasteiger partial charge >= 0.3 is 5.97 Å². The van der Waals surface area contributed by atoms with Gasteiger partial charge in [0, 0.05) is 12.1 Å². The van der Waals surface area contributed by atoms with Crippen LogP contribution in [-0.4, -0.2) is 49.3 Å². The number of carbonyl (C=O) groups is 1. The fourth-order valence-corrected chi connectivity index (χ4v) is 3.29. The molecule has 0 atom stereocenters. The van der Waals surface area contributed by atoms with Gasteiger partial charge in [0.1, 0.15) is 6.61 Å². The zero-order valence-electron chi connectivity index (χ0n) is 15.6. The minimum Gasteiger partial charge on any atom is -0.493 e. The Hall–Kier alpha value is -2.79. The van der Waals surface area contributed by atoms with Crippen molar-refractivity contribution in [2.24, 2.45) is 0 Å². The third-order valence-electron chi connectivity index (χ3n) is 4.70. The molecule has 1 saturated heterocycles. The molecule has 2 aromatic carbocycles. The standard InChI is InChI=1S/C22H25NO4/c1-26-20-11-7-10-18(21(20)27-15-14-23-12-5-6-13-23)16-19(22(24)25)17-8-3-2-4-9-17/h2-4,7-11,16H,5-6,12-15H2,1H3,(H,24,25)/b19-16-. The van der Waals surface area contributed by atoms with Crippen molar-refractivity contribution < 1.29 is 19.4 Å². The van der Waals surface area contributed by atoms with E-state index < -0.39 is 5.97 Å². The first-order valence-electron chi connectivity index (χ1n) is 9.21. The Morgan fingerprint density at radius 1 is 1.11 bits per heavy atom. The topological polar surface area (TPSA) is 59.0 Å². The highest BCUT2D eigenvalue weighted by molar-refractivity contribution is 6.20. The molecule has 0 radical (unpaired) electrons. The first-order valence-corrected chi connectivity index (χ1v) is 9.21. The molecule has 5 nitrogen and oxygen atoms in total. The molecular formula is C22H25NO4. The number of para-hydroxylation sites is 1. The molecule has 0 spiro atoms. The molecule has 5 heteroatoms. The molecule has 0 bridgehead atoms. The molecule has 1 fully saturated rings. The molecule has 1 aliphatic rings.